The molecule has 2 N–H and O–H groups in total. The minimum absolute atomic E-state index is 0.0395. The van der Waals surface area contributed by atoms with E-state index >= 15 is 0 Å². The number of carbonyl (C=O) groups excluding carboxylic acids is 1. The van der Waals surface area contributed by atoms with Crippen molar-refractivity contribution in [2.45, 2.75) is 19.0 Å². The van der Waals surface area contributed by atoms with Gasteiger partial charge >= 0.3 is 0 Å². The van der Waals surface area contributed by atoms with Gasteiger partial charge in [-0.1, -0.05) is 24.3 Å². The van der Waals surface area contributed by atoms with Crippen molar-refractivity contribution in [3.8, 4) is 5.69 Å². The van der Waals surface area contributed by atoms with Crippen LogP contribution in [0.1, 0.15) is 12.0 Å². The average molecular weight is 350 g/mol. The Morgan fingerprint density at radius 2 is 2.08 bits per heavy atom. The number of imidazole rings is 1. The van der Waals surface area contributed by atoms with E-state index in [1.54, 1.807) is 0 Å². The number of nitrogens with zero attached hydrogens (tertiary/aromatic N) is 2. The molecule has 0 spiro atoms. The van der Waals surface area contributed by atoms with Crippen molar-refractivity contribution in [1.29, 1.82) is 0 Å². The Kier molecular flexibility index (Phi) is 4.95. The smallest absolute Gasteiger partial charge is 0.221 e. The molecule has 26 heavy (non-hydrogen) atoms. The number of fused-ring (bicyclic) bond motifs is 1. The molecule has 1 atom stereocenters. The van der Waals surface area contributed by atoms with Gasteiger partial charge in [0.25, 0.3) is 0 Å². The lowest BCUT2D eigenvalue weighted by atomic mass is 10.1. The average Bonchev–Trinajstić information content (AvgIpc) is 3.12. The van der Waals surface area contributed by atoms with Gasteiger partial charge in [-0.2, -0.15) is 0 Å². The van der Waals surface area contributed by atoms with E-state index in [-0.39, 0.29) is 11.9 Å². The second kappa shape index (κ2) is 7.68. The zero-order valence-electron chi connectivity index (χ0n) is 14.5. The van der Waals surface area contributed by atoms with E-state index in [1.807, 2.05) is 48.8 Å². The molecular weight excluding hydrogens is 328 g/mol. The molecule has 0 saturated carbocycles. The molecule has 2 heterocycles. The molecule has 0 radical (unpaired) electrons. The fourth-order valence-electron chi connectivity index (χ4n) is 3.19. The molecule has 3 aromatic rings. The lowest BCUT2D eigenvalue weighted by Gasteiger charge is -2.23. The van der Waals surface area contributed by atoms with Gasteiger partial charge in [0.2, 0.25) is 5.91 Å². The highest BCUT2D eigenvalue weighted by Gasteiger charge is 2.16. The Labute approximate surface area is 152 Å². The fourth-order valence-corrected chi connectivity index (χ4v) is 3.19. The second-order valence-corrected chi connectivity index (χ2v) is 6.48. The summed E-state index contributed by atoms with van der Waals surface area (Å²) < 4.78 is 7.44. The molecule has 1 fully saturated rings. The van der Waals surface area contributed by atoms with Crippen molar-refractivity contribution in [3.05, 3.63) is 60.4 Å². The van der Waals surface area contributed by atoms with Crippen LogP contribution in [0.5, 0.6) is 0 Å². The molecule has 1 aromatic heterocycles. The number of para-hydroxylation sites is 2. The number of rotatable bonds is 5. The highest BCUT2D eigenvalue weighted by molar-refractivity contribution is 5.77. The summed E-state index contributed by atoms with van der Waals surface area (Å²) in [7, 11) is 0. The van der Waals surface area contributed by atoms with Crippen LogP contribution in [0.3, 0.4) is 0 Å². The maximum absolute atomic E-state index is 12.1. The normalized spacial score (nSPS) is 17.3. The first kappa shape index (κ1) is 16.8. The Bertz CT molecular complexity index is 882. The summed E-state index contributed by atoms with van der Waals surface area (Å²) in [4.78, 5) is 16.5. The first-order valence-corrected chi connectivity index (χ1v) is 8.89. The van der Waals surface area contributed by atoms with E-state index in [9.17, 15) is 4.79 Å². The van der Waals surface area contributed by atoms with E-state index in [0.717, 1.165) is 35.4 Å². The third-order valence-electron chi connectivity index (χ3n) is 4.59. The summed E-state index contributed by atoms with van der Waals surface area (Å²) in [5.74, 6) is 0.0395. The molecule has 134 valence electrons. The third-order valence-corrected chi connectivity index (χ3v) is 4.59. The Hall–Kier alpha value is -2.70. The lowest BCUT2D eigenvalue weighted by molar-refractivity contribution is -0.122. The van der Waals surface area contributed by atoms with Crippen molar-refractivity contribution in [1.82, 2.24) is 20.2 Å². The molecule has 0 bridgehead atoms. The molecule has 4 rings (SSSR count). The van der Waals surface area contributed by atoms with Gasteiger partial charge in [-0.15, -0.1) is 0 Å². The summed E-state index contributed by atoms with van der Waals surface area (Å²) in [5, 5.41) is 6.27. The molecule has 1 amide bonds. The van der Waals surface area contributed by atoms with Gasteiger partial charge in [0.05, 0.1) is 24.2 Å². The summed E-state index contributed by atoms with van der Waals surface area (Å²) in [6, 6.07) is 16.3. The van der Waals surface area contributed by atoms with Crippen LogP contribution in [-0.2, 0) is 16.1 Å². The summed E-state index contributed by atoms with van der Waals surface area (Å²) in [5.41, 5.74) is 4.18. The standard InChI is InChI=1S/C20H22N4O2/c25-20(11-16-13-26-10-9-21-16)22-12-15-5-7-17(8-6-15)24-14-23-18-3-1-2-4-19(18)24/h1-8,14,16,21H,9-13H2,(H,22,25). The molecule has 1 saturated heterocycles. The monoisotopic (exact) mass is 350 g/mol. The Balaban J connectivity index is 1.36. The fraction of sp³-hybridized carbons (Fsp3) is 0.300. The van der Waals surface area contributed by atoms with Gasteiger partial charge in [-0.3, -0.25) is 9.36 Å². The van der Waals surface area contributed by atoms with Crippen LogP contribution in [0.25, 0.3) is 16.7 Å². The van der Waals surface area contributed by atoms with Gasteiger partial charge in [-0.05, 0) is 29.8 Å². The maximum Gasteiger partial charge on any atom is 0.221 e. The number of ether oxygens (including phenoxy) is 1. The SMILES string of the molecule is O=C(CC1COCCN1)NCc1ccc(-n2cnc3ccccc32)cc1. The third kappa shape index (κ3) is 3.76. The van der Waals surface area contributed by atoms with Crippen LogP contribution in [0.2, 0.25) is 0 Å². The number of aromatic nitrogens is 2. The molecular formula is C20H22N4O2. The molecule has 1 aliphatic rings. The van der Waals surface area contributed by atoms with Gasteiger partial charge in [0.15, 0.2) is 0 Å². The van der Waals surface area contributed by atoms with E-state index in [2.05, 4.69) is 26.3 Å². The molecule has 2 aromatic carbocycles. The molecule has 1 unspecified atom stereocenters. The Morgan fingerprint density at radius 3 is 2.88 bits per heavy atom. The quantitative estimate of drug-likeness (QED) is 0.739. The van der Waals surface area contributed by atoms with Gasteiger partial charge in [0.1, 0.15) is 6.33 Å². The highest BCUT2D eigenvalue weighted by Crippen LogP contribution is 2.18. The van der Waals surface area contributed by atoms with Gasteiger partial charge < -0.3 is 15.4 Å². The first-order chi connectivity index (χ1) is 12.8. The number of carbonyl (C=O) groups is 1. The topological polar surface area (TPSA) is 68.2 Å². The number of hydrogen-bond donors (Lipinski definition) is 2. The minimum atomic E-state index is 0.0395. The Morgan fingerprint density at radius 1 is 1.23 bits per heavy atom. The van der Waals surface area contributed by atoms with E-state index in [0.29, 0.717) is 19.6 Å². The predicted molar refractivity (Wildman–Crippen MR) is 100 cm³/mol. The number of hydrogen-bond acceptors (Lipinski definition) is 4. The van der Waals surface area contributed by atoms with Crippen molar-refractivity contribution in [2.75, 3.05) is 19.8 Å². The van der Waals surface area contributed by atoms with Crippen LogP contribution in [-0.4, -0.2) is 41.3 Å². The van der Waals surface area contributed by atoms with Crippen LogP contribution in [0, 0.1) is 0 Å². The zero-order valence-corrected chi connectivity index (χ0v) is 14.5. The largest absolute Gasteiger partial charge is 0.378 e. The molecule has 0 aliphatic carbocycles. The summed E-state index contributed by atoms with van der Waals surface area (Å²) in [6.07, 6.45) is 2.28. The number of amides is 1. The number of morpholine rings is 1. The van der Waals surface area contributed by atoms with Gasteiger partial charge in [-0.25, -0.2) is 4.98 Å². The molecule has 1 aliphatic heterocycles. The van der Waals surface area contributed by atoms with Crippen molar-refractivity contribution >= 4 is 16.9 Å². The van der Waals surface area contributed by atoms with E-state index in [4.69, 9.17) is 4.74 Å². The number of benzene rings is 2. The van der Waals surface area contributed by atoms with Crippen molar-refractivity contribution in [3.63, 3.8) is 0 Å². The molecule has 6 nitrogen and oxygen atoms in total. The lowest BCUT2D eigenvalue weighted by Crippen LogP contribution is -2.44. The van der Waals surface area contributed by atoms with Crippen LogP contribution < -0.4 is 10.6 Å². The van der Waals surface area contributed by atoms with Crippen molar-refractivity contribution in [2.24, 2.45) is 0 Å². The van der Waals surface area contributed by atoms with Crippen LogP contribution in [0.15, 0.2) is 54.9 Å². The molecule has 6 heteroatoms. The van der Waals surface area contributed by atoms with Gasteiger partial charge in [0, 0.05) is 31.2 Å². The zero-order chi connectivity index (χ0) is 17.8. The first-order valence-electron chi connectivity index (χ1n) is 8.89. The van der Waals surface area contributed by atoms with Crippen LogP contribution in [0.4, 0.5) is 0 Å². The maximum atomic E-state index is 12.1. The summed E-state index contributed by atoms with van der Waals surface area (Å²) in [6.45, 7) is 2.65. The van der Waals surface area contributed by atoms with E-state index < -0.39 is 0 Å². The minimum Gasteiger partial charge on any atom is -0.378 e. The number of nitrogens with one attached hydrogen (secondary N) is 2. The van der Waals surface area contributed by atoms with Crippen LogP contribution >= 0.6 is 0 Å². The van der Waals surface area contributed by atoms with Crippen molar-refractivity contribution < 1.29 is 9.53 Å². The predicted octanol–water partition coefficient (Wildman–Crippen LogP) is 2.02. The second-order valence-electron chi connectivity index (χ2n) is 6.48. The highest BCUT2D eigenvalue weighted by atomic mass is 16.5. The summed E-state index contributed by atoms with van der Waals surface area (Å²) >= 11 is 0. The van der Waals surface area contributed by atoms with E-state index in [1.165, 1.54) is 0 Å².